The Bertz CT molecular complexity index is 1030. The lowest BCUT2D eigenvalue weighted by Crippen LogP contribution is -2.28. The Morgan fingerprint density at radius 1 is 1.25 bits per heavy atom. The Balaban J connectivity index is 2.37. The molecule has 7 heteroatoms. The minimum atomic E-state index is -4.81. The predicted octanol–water partition coefficient (Wildman–Crippen LogP) is 5.13. The second kappa shape index (κ2) is 7.63. The van der Waals surface area contributed by atoms with Gasteiger partial charge in [0.15, 0.2) is 0 Å². The molecule has 1 saturated carbocycles. The van der Waals surface area contributed by atoms with E-state index in [0.717, 1.165) is 35.7 Å². The highest BCUT2D eigenvalue weighted by molar-refractivity contribution is 5.87. The second-order valence-electron chi connectivity index (χ2n) is 7.10. The lowest BCUT2D eigenvalue weighted by atomic mass is 9.89. The average Bonchev–Trinajstić information content (AvgIpc) is 2.64. The first kappa shape index (κ1) is 19.9. The van der Waals surface area contributed by atoms with Gasteiger partial charge in [-0.25, -0.2) is 0 Å². The minimum absolute atomic E-state index is 0.0414. The monoisotopic (exact) mass is 387 g/mol. The van der Waals surface area contributed by atoms with Crippen molar-refractivity contribution < 1.29 is 13.2 Å². The van der Waals surface area contributed by atoms with Gasteiger partial charge in [-0.3, -0.25) is 4.79 Å². The number of aryl methyl sites for hydroxylation is 1. The molecular formula is C21H20F3N3O. The van der Waals surface area contributed by atoms with Crippen LogP contribution in [0.2, 0.25) is 0 Å². The molecule has 146 valence electrons. The van der Waals surface area contributed by atoms with E-state index in [9.17, 15) is 23.2 Å². The maximum Gasteiger partial charge on any atom is 0.417 e. The van der Waals surface area contributed by atoms with Crippen molar-refractivity contribution in [2.24, 2.45) is 11.0 Å². The Kier molecular flexibility index (Phi) is 5.41. The van der Waals surface area contributed by atoms with Crippen LogP contribution in [0.25, 0.3) is 11.3 Å². The summed E-state index contributed by atoms with van der Waals surface area (Å²) in [5.74, 6) is 0.137. The van der Waals surface area contributed by atoms with Gasteiger partial charge in [-0.15, -0.1) is 0 Å². The Morgan fingerprint density at radius 2 is 1.96 bits per heavy atom. The molecule has 0 N–H and O–H groups in total. The van der Waals surface area contributed by atoms with Crippen LogP contribution >= 0.6 is 0 Å². The predicted molar refractivity (Wildman–Crippen MR) is 101 cm³/mol. The first-order valence-corrected chi connectivity index (χ1v) is 9.15. The standard InChI is InChI=1S/C21H20F3N3O/c1-13-7-3-5-9-15(13)19-11-17(21(22,23)24)16(12-25)20(28)27(19)26-18-10-6-4-8-14(18)2/h3,5,7,9,11,14H,4,6,8,10H2,1-2H3. The maximum atomic E-state index is 13.5. The van der Waals surface area contributed by atoms with Crippen LogP contribution in [0.4, 0.5) is 13.2 Å². The number of aromatic nitrogens is 1. The van der Waals surface area contributed by atoms with E-state index < -0.39 is 22.9 Å². The summed E-state index contributed by atoms with van der Waals surface area (Å²) in [4.78, 5) is 12.9. The Labute approximate surface area is 160 Å². The van der Waals surface area contributed by atoms with Crippen LogP contribution in [0.15, 0.2) is 40.2 Å². The quantitative estimate of drug-likeness (QED) is 0.717. The smallest absolute Gasteiger partial charge is 0.266 e. The number of nitriles is 1. The normalized spacial score (nSPS) is 18.9. The first-order valence-electron chi connectivity index (χ1n) is 9.15. The molecule has 0 saturated heterocycles. The molecule has 1 fully saturated rings. The average molecular weight is 387 g/mol. The lowest BCUT2D eigenvalue weighted by molar-refractivity contribution is -0.137. The van der Waals surface area contributed by atoms with Crippen LogP contribution in [-0.4, -0.2) is 10.4 Å². The fourth-order valence-electron chi connectivity index (χ4n) is 3.53. The van der Waals surface area contributed by atoms with Crippen molar-refractivity contribution in [3.05, 3.63) is 57.4 Å². The number of nitrogens with zero attached hydrogens (tertiary/aromatic N) is 3. The third kappa shape index (κ3) is 3.72. The first-order chi connectivity index (χ1) is 13.2. The van der Waals surface area contributed by atoms with Gasteiger partial charge in [-0.2, -0.15) is 28.2 Å². The highest BCUT2D eigenvalue weighted by Crippen LogP contribution is 2.34. The zero-order chi connectivity index (χ0) is 20.5. The van der Waals surface area contributed by atoms with Crippen molar-refractivity contribution in [2.45, 2.75) is 45.7 Å². The summed E-state index contributed by atoms with van der Waals surface area (Å²) in [6.07, 6.45) is -1.24. The third-order valence-corrected chi connectivity index (χ3v) is 5.14. The van der Waals surface area contributed by atoms with Crippen molar-refractivity contribution >= 4 is 5.71 Å². The minimum Gasteiger partial charge on any atom is -0.266 e. The molecule has 1 aromatic carbocycles. The van der Waals surface area contributed by atoms with Gasteiger partial charge in [0, 0.05) is 11.3 Å². The topological polar surface area (TPSA) is 58.1 Å². The van der Waals surface area contributed by atoms with Gasteiger partial charge < -0.3 is 0 Å². The highest BCUT2D eigenvalue weighted by Gasteiger charge is 2.37. The number of benzene rings is 1. The molecule has 0 spiro atoms. The van der Waals surface area contributed by atoms with E-state index >= 15 is 0 Å². The van der Waals surface area contributed by atoms with Gasteiger partial charge >= 0.3 is 6.18 Å². The number of pyridine rings is 1. The number of hydrogen-bond donors (Lipinski definition) is 0. The lowest BCUT2D eigenvalue weighted by Gasteiger charge is -2.22. The van der Waals surface area contributed by atoms with Crippen molar-refractivity contribution in [1.29, 1.82) is 5.26 Å². The number of hydrogen-bond acceptors (Lipinski definition) is 3. The van der Waals surface area contributed by atoms with Gasteiger partial charge in [0.1, 0.15) is 11.6 Å². The van der Waals surface area contributed by atoms with Crippen LogP contribution in [0.3, 0.4) is 0 Å². The molecule has 4 nitrogen and oxygen atoms in total. The Hall–Kier alpha value is -2.88. The van der Waals surface area contributed by atoms with E-state index in [1.54, 1.807) is 31.2 Å². The molecule has 0 radical (unpaired) electrons. The van der Waals surface area contributed by atoms with Crippen LogP contribution < -0.4 is 5.56 Å². The molecule has 1 aliphatic rings. The van der Waals surface area contributed by atoms with Gasteiger partial charge in [0.05, 0.1) is 11.3 Å². The molecule has 0 aliphatic heterocycles. The van der Waals surface area contributed by atoms with Gasteiger partial charge in [-0.05, 0) is 43.7 Å². The van der Waals surface area contributed by atoms with E-state index in [4.69, 9.17) is 0 Å². The van der Waals surface area contributed by atoms with Crippen molar-refractivity contribution in [3.8, 4) is 17.3 Å². The fourth-order valence-corrected chi connectivity index (χ4v) is 3.53. The molecular weight excluding hydrogens is 367 g/mol. The second-order valence-corrected chi connectivity index (χ2v) is 7.10. The van der Waals surface area contributed by atoms with E-state index in [1.807, 2.05) is 6.92 Å². The van der Waals surface area contributed by atoms with Crippen molar-refractivity contribution in [1.82, 2.24) is 4.68 Å². The molecule has 0 bridgehead atoms. The number of alkyl halides is 3. The summed E-state index contributed by atoms with van der Waals surface area (Å²) in [5.41, 5.74) is -1.20. The van der Waals surface area contributed by atoms with E-state index in [-0.39, 0.29) is 11.6 Å². The van der Waals surface area contributed by atoms with E-state index in [2.05, 4.69) is 5.10 Å². The van der Waals surface area contributed by atoms with Crippen LogP contribution in [0, 0.1) is 24.2 Å². The van der Waals surface area contributed by atoms with Gasteiger partial charge in [0.2, 0.25) is 0 Å². The van der Waals surface area contributed by atoms with Crippen LogP contribution in [-0.2, 0) is 6.18 Å². The van der Waals surface area contributed by atoms with E-state index in [0.29, 0.717) is 17.5 Å². The largest absolute Gasteiger partial charge is 0.417 e. The van der Waals surface area contributed by atoms with Crippen LogP contribution in [0.5, 0.6) is 0 Å². The van der Waals surface area contributed by atoms with Gasteiger partial charge in [-0.1, -0.05) is 37.6 Å². The summed E-state index contributed by atoms with van der Waals surface area (Å²) < 4.78 is 41.6. The number of halogens is 3. The molecule has 2 aromatic rings. The molecule has 1 unspecified atom stereocenters. The summed E-state index contributed by atoms with van der Waals surface area (Å²) in [6, 6.07) is 9.16. The summed E-state index contributed by atoms with van der Waals surface area (Å²) >= 11 is 0. The number of rotatable bonds is 2. The summed E-state index contributed by atoms with van der Waals surface area (Å²) in [7, 11) is 0. The summed E-state index contributed by atoms with van der Waals surface area (Å²) in [6.45, 7) is 3.75. The Morgan fingerprint density at radius 3 is 2.57 bits per heavy atom. The highest BCUT2D eigenvalue weighted by atomic mass is 19.4. The van der Waals surface area contributed by atoms with E-state index in [1.165, 1.54) is 6.07 Å². The molecule has 28 heavy (non-hydrogen) atoms. The van der Waals surface area contributed by atoms with Gasteiger partial charge in [0.25, 0.3) is 5.56 Å². The van der Waals surface area contributed by atoms with Crippen LogP contribution in [0.1, 0.15) is 49.3 Å². The van der Waals surface area contributed by atoms with Crippen molar-refractivity contribution in [2.75, 3.05) is 0 Å². The SMILES string of the molecule is Cc1ccccc1-c1cc(C(F)(F)F)c(C#N)c(=O)n1N=C1CCCCC1C. The van der Waals surface area contributed by atoms with Crippen molar-refractivity contribution in [3.63, 3.8) is 0 Å². The molecule has 1 aromatic heterocycles. The molecule has 1 aliphatic carbocycles. The molecule has 1 atom stereocenters. The maximum absolute atomic E-state index is 13.5. The zero-order valence-electron chi connectivity index (χ0n) is 15.7. The zero-order valence-corrected chi connectivity index (χ0v) is 15.7. The molecule has 1 heterocycles. The molecule has 0 amide bonds. The summed E-state index contributed by atoms with van der Waals surface area (Å²) in [5, 5.41) is 13.7. The third-order valence-electron chi connectivity index (χ3n) is 5.14. The fraction of sp³-hybridized carbons (Fsp3) is 0.381. The molecule has 3 rings (SSSR count).